The van der Waals surface area contributed by atoms with E-state index in [1.54, 1.807) is 4.57 Å². The lowest BCUT2D eigenvalue weighted by atomic mass is 9.61. The number of methoxy groups -OCH3 is 2. The van der Waals surface area contributed by atoms with Crippen molar-refractivity contribution in [2.24, 2.45) is 0 Å². The number of aliphatic hydroxyl groups is 2. The number of nitrogens with two attached hydrogens (primary N) is 1. The highest BCUT2D eigenvalue weighted by Crippen LogP contribution is 2.58. The maximum absolute atomic E-state index is 11.5. The highest BCUT2D eigenvalue weighted by atomic mass is 16.6. The topological polar surface area (TPSA) is 138 Å². The second-order valence-electron chi connectivity index (χ2n) is 9.94. The predicted molar refractivity (Wildman–Crippen MR) is 153 cm³/mol. The monoisotopic (exact) mass is 553 g/mol. The Morgan fingerprint density at radius 3 is 1.85 bits per heavy atom. The van der Waals surface area contributed by atoms with Crippen LogP contribution >= 0.6 is 0 Å². The summed E-state index contributed by atoms with van der Waals surface area (Å²) in [5.74, 6) is 0.0982. The molecule has 0 radical (unpaired) electrons. The summed E-state index contributed by atoms with van der Waals surface area (Å²) in [6, 6.07) is 30.0. The average molecular weight is 554 g/mol. The first-order valence-electron chi connectivity index (χ1n) is 13.3. The van der Waals surface area contributed by atoms with Crippen LogP contribution in [0.4, 0.5) is 5.82 Å². The molecule has 10 nitrogen and oxygen atoms in total. The van der Waals surface area contributed by atoms with Gasteiger partial charge in [0.2, 0.25) is 0 Å². The zero-order valence-corrected chi connectivity index (χ0v) is 22.7. The molecule has 1 fully saturated rings. The zero-order valence-electron chi connectivity index (χ0n) is 22.7. The van der Waals surface area contributed by atoms with Crippen LogP contribution in [0.1, 0.15) is 23.1 Å². The second-order valence-corrected chi connectivity index (χ2v) is 9.94. The number of benzene rings is 3. The number of hydrogen-bond acceptors (Lipinski definition) is 9. The van der Waals surface area contributed by atoms with Gasteiger partial charge in [-0.1, -0.05) is 91.0 Å². The third-order valence-electron chi connectivity index (χ3n) is 7.86. The van der Waals surface area contributed by atoms with Gasteiger partial charge in [-0.05, 0) is 16.7 Å². The summed E-state index contributed by atoms with van der Waals surface area (Å²) in [7, 11) is 2.95. The molecule has 0 unspecified atom stereocenters. The Bertz CT molecular complexity index is 1550. The Morgan fingerprint density at radius 1 is 0.878 bits per heavy atom. The third kappa shape index (κ3) is 3.94. The summed E-state index contributed by atoms with van der Waals surface area (Å²) in [4.78, 5) is 13.6. The molecule has 0 saturated carbocycles. The highest BCUT2D eigenvalue weighted by Gasteiger charge is 2.64. The molecule has 1 aliphatic heterocycles. The Labute approximate surface area is 237 Å². The Balaban J connectivity index is 1.85. The molecule has 1 saturated heterocycles. The molecular weight excluding hydrogens is 522 g/mol. The number of fused-ring (bicyclic) bond motifs is 1. The highest BCUT2D eigenvalue weighted by molar-refractivity contribution is 5.83. The van der Waals surface area contributed by atoms with Gasteiger partial charge in [0.25, 0.3) is 0 Å². The van der Waals surface area contributed by atoms with Gasteiger partial charge in [0.1, 0.15) is 6.10 Å². The lowest BCUT2D eigenvalue weighted by molar-refractivity contribution is -0.145. The smallest absolute Gasteiger partial charge is 0.320 e. The lowest BCUT2D eigenvalue weighted by Crippen LogP contribution is -2.55. The van der Waals surface area contributed by atoms with Gasteiger partial charge < -0.3 is 30.2 Å². The van der Waals surface area contributed by atoms with Gasteiger partial charge in [0.05, 0.1) is 32.3 Å². The van der Waals surface area contributed by atoms with E-state index in [0.717, 1.165) is 16.7 Å². The SMILES string of the molecule is COc1nc(N)c2nc(OC)n([C@@]3(C(c4ccccc4)(c4ccccc4)c4ccccc4)C[C@H](O)[C@@H](CO)O3)c2n1. The maximum Gasteiger partial charge on any atom is 0.320 e. The van der Waals surface area contributed by atoms with Crippen LogP contribution in [0.25, 0.3) is 11.2 Å². The van der Waals surface area contributed by atoms with E-state index in [-0.39, 0.29) is 29.8 Å². The van der Waals surface area contributed by atoms with Crippen molar-refractivity contribution in [2.75, 3.05) is 26.6 Å². The van der Waals surface area contributed by atoms with Crippen molar-refractivity contribution in [3.8, 4) is 12.0 Å². The lowest BCUT2D eigenvalue weighted by Gasteiger charge is -2.50. The summed E-state index contributed by atoms with van der Waals surface area (Å²) in [6.07, 6.45) is -1.92. The minimum Gasteiger partial charge on any atom is -0.468 e. The minimum atomic E-state index is -1.49. The van der Waals surface area contributed by atoms with E-state index >= 15 is 0 Å². The molecule has 3 aromatic carbocycles. The van der Waals surface area contributed by atoms with Crippen LogP contribution in [0.15, 0.2) is 91.0 Å². The van der Waals surface area contributed by atoms with Gasteiger partial charge in [0.15, 0.2) is 22.7 Å². The number of aromatic nitrogens is 4. The van der Waals surface area contributed by atoms with E-state index in [1.165, 1.54) is 14.2 Å². The van der Waals surface area contributed by atoms with E-state index in [2.05, 4.69) is 15.0 Å². The van der Waals surface area contributed by atoms with Crippen molar-refractivity contribution in [3.05, 3.63) is 108 Å². The first-order valence-corrected chi connectivity index (χ1v) is 13.3. The summed E-state index contributed by atoms with van der Waals surface area (Å²) < 4.78 is 19.9. The fourth-order valence-corrected chi connectivity index (χ4v) is 6.24. The standard InChI is InChI=1S/C31H31N5O5/c1-39-28-34-26(32)25-27(35-28)36(29(33-25)40-2)30(18-23(38)24(19-37)41-30)31(20-12-6-3-7-13-20,21-14-8-4-9-15-21)22-16-10-5-11-17-22/h3-17,23-24,37-38H,18-19H2,1-2H3,(H2,32,34,35)/t23-,24+,30-/m0/s1. The molecule has 4 N–H and O–H groups in total. The molecule has 3 heterocycles. The molecule has 10 heteroatoms. The molecule has 210 valence electrons. The fourth-order valence-electron chi connectivity index (χ4n) is 6.24. The molecule has 0 amide bonds. The number of nitrogens with zero attached hydrogens (tertiary/aromatic N) is 4. The van der Waals surface area contributed by atoms with Crippen LogP contribution in [0, 0.1) is 0 Å². The van der Waals surface area contributed by atoms with Crippen LogP contribution in [0.2, 0.25) is 0 Å². The predicted octanol–water partition coefficient (Wildman–Crippen LogP) is 3.26. The number of aliphatic hydroxyl groups excluding tert-OH is 2. The van der Waals surface area contributed by atoms with E-state index in [1.807, 2.05) is 91.0 Å². The van der Waals surface area contributed by atoms with E-state index < -0.39 is 30.0 Å². The number of anilines is 1. The molecule has 5 aromatic rings. The van der Waals surface area contributed by atoms with Crippen molar-refractivity contribution in [1.82, 2.24) is 19.5 Å². The van der Waals surface area contributed by atoms with Gasteiger partial charge in [-0.15, -0.1) is 0 Å². The van der Waals surface area contributed by atoms with Gasteiger partial charge in [-0.3, -0.25) is 0 Å². The molecule has 0 spiro atoms. The van der Waals surface area contributed by atoms with E-state index in [4.69, 9.17) is 19.9 Å². The number of ether oxygens (including phenoxy) is 3. The van der Waals surface area contributed by atoms with Gasteiger partial charge in [0, 0.05) is 6.42 Å². The summed E-state index contributed by atoms with van der Waals surface area (Å²) in [5.41, 5.74) is 6.93. The largest absolute Gasteiger partial charge is 0.468 e. The quantitative estimate of drug-likeness (QED) is 0.247. The summed E-state index contributed by atoms with van der Waals surface area (Å²) >= 11 is 0. The Kier molecular flexibility index (Phi) is 6.82. The van der Waals surface area contributed by atoms with Gasteiger partial charge in [-0.2, -0.15) is 15.0 Å². The normalized spacial score (nSPS) is 20.8. The van der Waals surface area contributed by atoms with Crippen molar-refractivity contribution >= 4 is 17.0 Å². The molecule has 0 aliphatic carbocycles. The minimum absolute atomic E-state index is 0.0379. The molecular formula is C31H31N5O5. The molecule has 2 aromatic heterocycles. The third-order valence-corrected chi connectivity index (χ3v) is 7.86. The number of rotatable bonds is 8. The molecule has 1 aliphatic rings. The van der Waals surface area contributed by atoms with E-state index in [0.29, 0.717) is 5.65 Å². The summed E-state index contributed by atoms with van der Waals surface area (Å²) in [5, 5.41) is 21.9. The van der Waals surface area contributed by atoms with Crippen molar-refractivity contribution in [1.29, 1.82) is 0 Å². The molecule has 3 atom stereocenters. The number of nitrogen functional groups attached to an aromatic ring is 1. The maximum atomic E-state index is 11.5. The first-order chi connectivity index (χ1) is 20.0. The average Bonchev–Trinajstić information content (AvgIpc) is 3.57. The van der Waals surface area contributed by atoms with Crippen molar-refractivity contribution in [3.63, 3.8) is 0 Å². The van der Waals surface area contributed by atoms with Crippen LogP contribution in [-0.2, 0) is 15.9 Å². The molecule has 6 rings (SSSR count). The zero-order chi connectivity index (χ0) is 28.6. The molecule has 41 heavy (non-hydrogen) atoms. The van der Waals surface area contributed by atoms with Crippen LogP contribution in [0.5, 0.6) is 12.0 Å². The Hall–Kier alpha value is -4.51. The van der Waals surface area contributed by atoms with E-state index in [9.17, 15) is 10.2 Å². The molecule has 0 bridgehead atoms. The van der Waals surface area contributed by atoms with Gasteiger partial charge >= 0.3 is 12.0 Å². The second kappa shape index (κ2) is 10.5. The number of imidazole rings is 1. The first kappa shape index (κ1) is 26.7. The fraction of sp³-hybridized carbons (Fsp3) is 0.258. The van der Waals surface area contributed by atoms with Crippen LogP contribution in [-0.4, -0.2) is 62.8 Å². The van der Waals surface area contributed by atoms with Crippen molar-refractivity contribution < 1.29 is 24.4 Å². The summed E-state index contributed by atoms with van der Waals surface area (Å²) in [6.45, 7) is -0.410. The van der Waals surface area contributed by atoms with Crippen molar-refractivity contribution in [2.45, 2.75) is 29.8 Å². The van der Waals surface area contributed by atoms with Gasteiger partial charge in [-0.25, -0.2) is 4.57 Å². The Morgan fingerprint density at radius 2 is 1.41 bits per heavy atom. The van der Waals surface area contributed by atoms with Crippen LogP contribution < -0.4 is 15.2 Å². The van der Waals surface area contributed by atoms with Crippen LogP contribution in [0.3, 0.4) is 0 Å². The number of hydrogen-bond donors (Lipinski definition) is 3.